The molecule has 0 atom stereocenters. The molecule has 138 valence electrons. The first kappa shape index (κ1) is 19.7. The molecule has 0 bridgehead atoms. The summed E-state index contributed by atoms with van der Waals surface area (Å²) < 4.78 is 16.8. The second kappa shape index (κ2) is 11.1. The largest absolute Gasteiger partial charge is 0.423 e. The molecule has 0 unspecified atom stereocenters. The standard InChI is InChI=1S/C21H30O4/c1-3-5-6-7-8-9-10-17-15-23-21(24-16-17)18-11-13-19(14-12-18)25-20(22)4-2/h4,11-14,17,21H,2-3,5-10,15-16H2,1H3. The van der Waals surface area contributed by atoms with Gasteiger partial charge in [-0.25, -0.2) is 4.79 Å². The van der Waals surface area contributed by atoms with Crippen LogP contribution in [-0.4, -0.2) is 19.2 Å². The molecule has 2 rings (SSSR count). The average Bonchev–Trinajstić information content (AvgIpc) is 2.65. The van der Waals surface area contributed by atoms with E-state index in [2.05, 4.69) is 13.5 Å². The highest BCUT2D eigenvalue weighted by molar-refractivity contribution is 5.83. The third kappa shape index (κ3) is 7.00. The molecule has 0 saturated carbocycles. The Balaban J connectivity index is 1.67. The van der Waals surface area contributed by atoms with Gasteiger partial charge < -0.3 is 14.2 Å². The number of ether oxygens (including phenoxy) is 3. The number of unbranched alkanes of at least 4 members (excludes halogenated alkanes) is 5. The topological polar surface area (TPSA) is 44.8 Å². The van der Waals surface area contributed by atoms with E-state index in [1.54, 1.807) is 12.1 Å². The van der Waals surface area contributed by atoms with Crippen molar-refractivity contribution in [2.45, 2.75) is 58.2 Å². The van der Waals surface area contributed by atoms with E-state index in [-0.39, 0.29) is 6.29 Å². The van der Waals surface area contributed by atoms with Crippen molar-refractivity contribution in [1.29, 1.82) is 0 Å². The second-order valence-corrected chi connectivity index (χ2v) is 6.62. The molecule has 4 nitrogen and oxygen atoms in total. The lowest BCUT2D eigenvalue weighted by molar-refractivity contribution is -0.206. The summed E-state index contributed by atoms with van der Waals surface area (Å²) in [5.41, 5.74) is 0.941. The third-order valence-corrected chi connectivity index (χ3v) is 4.47. The Morgan fingerprint density at radius 2 is 1.76 bits per heavy atom. The van der Waals surface area contributed by atoms with E-state index in [1.165, 1.54) is 44.9 Å². The lowest BCUT2D eigenvalue weighted by atomic mass is 10.0. The summed E-state index contributed by atoms with van der Waals surface area (Å²) in [6, 6.07) is 7.21. The molecule has 0 aliphatic carbocycles. The number of hydrogen-bond acceptors (Lipinski definition) is 4. The predicted molar refractivity (Wildman–Crippen MR) is 98.4 cm³/mol. The first-order valence-electron chi connectivity index (χ1n) is 9.40. The Morgan fingerprint density at radius 3 is 2.40 bits per heavy atom. The Labute approximate surface area is 151 Å². The minimum absolute atomic E-state index is 0.329. The lowest BCUT2D eigenvalue weighted by Crippen LogP contribution is -2.27. The van der Waals surface area contributed by atoms with Crippen LogP contribution >= 0.6 is 0 Å². The maximum atomic E-state index is 11.2. The van der Waals surface area contributed by atoms with E-state index >= 15 is 0 Å². The molecular formula is C21H30O4. The van der Waals surface area contributed by atoms with E-state index in [0.29, 0.717) is 11.7 Å². The maximum Gasteiger partial charge on any atom is 0.335 e. The lowest BCUT2D eigenvalue weighted by Gasteiger charge is -2.29. The van der Waals surface area contributed by atoms with Crippen LogP contribution in [0.4, 0.5) is 0 Å². The maximum absolute atomic E-state index is 11.2. The van der Waals surface area contributed by atoms with Crippen molar-refractivity contribution in [3.05, 3.63) is 42.5 Å². The van der Waals surface area contributed by atoms with Crippen molar-refractivity contribution < 1.29 is 19.0 Å². The highest BCUT2D eigenvalue weighted by atomic mass is 16.7. The van der Waals surface area contributed by atoms with Crippen LogP contribution in [0, 0.1) is 5.92 Å². The minimum Gasteiger partial charge on any atom is -0.423 e. The molecule has 1 heterocycles. The minimum atomic E-state index is -0.463. The van der Waals surface area contributed by atoms with Crippen LogP contribution in [-0.2, 0) is 14.3 Å². The van der Waals surface area contributed by atoms with Crippen LogP contribution in [0.2, 0.25) is 0 Å². The molecule has 1 aromatic carbocycles. The van der Waals surface area contributed by atoms with Gasteiger partial charge in [0.05, 0.1) is 13.2 Å². The van der Waals surface area contributed by atoms with Crippen LogP contribution in [0.25, 0.3) is 0 Å². The Bertz CT molecular complexity index is 515. The smallest absolute Gasteiger partial charge is 0.335 e. The van der Waals surface area contributed by atoms with Crippen LogP contribution in [0.1, 0.15) is 63.7 Å². The van der Waals surface area contributed by atoms with Gasteiger partial charge in [-0.15, -0.1) is 0 Å². The Morgan fingerprint density at radius 1 is 1.12 bits per heavy atom. The first-order chi connectivity index (χ1) is 12.2. The molecule has 0 aromatic heterocycles. The molecule has 0 spiro atoms. The van der Waals surface area contributed by atoms with E-state index in [0.717, 1.165) is 24.9 Å². The van der Waals surface area contributed by atoms with Crippen LogP contribution in [0.15, 0.2) is 36.9 Å². The molecule has 0 amide bonds. The summed E-state index contributed by atoms with van der Waals surface area (Å²) in [4.78, 5) is 11.2. The van der Waals surface area contributed by atoms with Crippen LogP contribution < -0.4 is 4.74 Å². The molecule has 4 heteroatoms. The quantitative estimate of drug-likeness (QED) is 0.253. The summed E-state index contributed by atoms with van der Waals surface area (Å²) in [5, 5.41) is 0. The molecule has 1 aliphatic heterocycles. The number of carbonyl (C=O) groups is 1. The second-order valence-electron chi connectivity index (χ2n) is 6.62. The summed E-state index contributed by atoms with van der Waals surface area (Å²) in [6.45, 7) is 7.11. The van der Waals surface area contributed by atoms with Crippen molar-refractivity contribution in [3.8, 4) is 5.75 Å². The zero-order valence-electron chi connectivity index (χ0n) is 15.2. The van der Waals surface area contributed by atoms with Gasteiger partial charge in [-0.3, -0.25) is 0 Å². The summed E-state index contributed by atoms with van der Waals surface area (Å²) >= 11 is 0. The molecule has 1 saturated heterocycles. The molecule has 1 fully saturated rings. The van der Waals surface area contributed by atoms with Crippen molar-refractivity contribution in [3.63, 3.8) is 0 Å². The summed E-state index contributed by atoms with van der Waals surface area (Å²) in [6.07, 6.45) is 9.90. The zero-order valence-corrected chi connectivity index (χ0v) is 15.2. The first-order valence-corrected chi connectivity index (χ1v) is 9.40. The highest BCUT2D eigenvalue weighted by Gasteiger charge is 2.23. The van der Waals surface area contributed by atoms with Gasteiger partial charge in [0.2, 0.25) is 0 Å². The summed E-state index contributed by atoms with van der Waals surface area (Å²) in [7, 11) is 0. The highest BCUT2D eigenvalue weighted by Crippen LogP contribution is 2.28. The molecule has 0 radical (unpaired) electrons. The van der Waals surface area contributed by atoms with Gasteiger partial charge in [-0.2, -0.15) is 0 Å². The zero-order chi connectivity index (χ0) is 17.9. The predicted octanol–water partition coefficient (Wildman–Crippen LogP) is 5.19. The fraction of sp³-hybridized carbons (Fsp3) is 0.571. The molecule has 25 heavy (non-hydrogen) atoms. The fourth-order valence-electron chi connectivity index (χ4n) is 2.97. The number of carbonyl (C=O) groups excluding carboxylic acids is 1. The van der Waals surface area contributed by atoms with Crippen LogP contribution in [0.5, 0.6) is 5.75 Å². The SMILES string of the molecule is C=CC(=O)Oc1ccc(C2OCC(CCCCCCCC)CO2)cc1. The van der Waals surface area contributed by atoms with Gasteiger partial charge in [-0.1, -0.05) is 64.2 Å². The molecule has 1 aliphatic rings. The Kier molecular flexibility index (Phi) is 8.70. The van der Waals surface area contributed by atoms with E-state index < -0.39 is 5.97 Å². The van der Waals surface area contributed by atoms with Crippen molar-refractivity contribution in [2.75, 3.05) is 13.2 Å². The van der Waals surface area contributed by atoms with Gasteiger partial charge in [0.15, 0.2) is 6.29 Å². The van der Waals surface area contributed by atoms with Crippen molar-refractivity contribution >= 4 is 5.97 Å². The van der Waals surface area contributed by atoms with E-state index in [9.17, 15) is 4.79 Å². The van der Waals surface area contributed by atoms with E-state index in [1.807, 2.05) is 12.1 Å². The van der Waals surface area contributed by atoms with E-state index in [4.69, 9.17) is 14.2 Å². The molecule has 0 N–H and O–H groups in total. The number of rotatable bonds is 10. The average molecular weight is 346 g/mol. The molecule has 1 aromatic rings. The number of benzene rings is 1. The Hall–Kier alpha value is -1.65. The fourth-order valence-corrected chi connectivity index (χ4v) is 2.97. The van der Waals surface area contributed by atoms with Crippen molar-refractivity contribution in [2.24, 2.45) is 5.92 Å². The summed E-state index contributed by atoms with van der Waals surface area (Å²) in [5.74, 6) is 0.524. The van der Waals surface area contributed by atoms with Crippen LogP contribution in [0.3, 0.4) is 0 Å². The van der Waals surface area contributed by atoms with Gasteiger partial charge in [0, 0.05) is 17.6 Å². The van der Waals surface area contributed by atoms with Gasteiger partial charge in [0.25, 0.3) is 0 Å². The monoisotopic (exact) mass is 346 g/mol. The van der Waals surface area contributed by atoms with Gasteiger partial charge >= 0.3 is 5.97 Å². The molecular weight excluding hydrogens is 316 g/mol. The normalized spacial score (nSPS) is 20.2. The van der Waals surface area contributed by atoms with Crippen molar-refractivity contribution in [1.82, 2.24) is 0 Å². The van der Waals surface area contributed by atoms with Gasteiger partial charge in [0.1, 0.15) is 5.75 Å². The third-order valence-electron chi connectivity index (χ3n) is 4.47. The number of hydrogen-bond donors (Lipinski definition) is 0. The van der Waals surface area contributed by atoms with Gasteiger partial charge in [-0.05, 0) is 18.6 Å². The number of esters is 1.